The number of thioether (sulfide) groups is 1. The van der Waals surface area contributed by atoms with Crippen molar-refractivity contribution in [3.05, 3.63) is 35.1 Å². The van der Waals surface area contributed by atoms with Crippen molar-refractivity contribution < 1.29 is 9.50 Å². The lowest BCUT2D eigenvalue weighted by molar-refractivity contribution is 0.289. The minimum absolute atomic E-state index is 0.185. The van der Waals surface area contributed by atoms with E-state index in [0.29, 0.717) is 10.8 Å². The van der Waals surface area contributed by atoms with Gasteiger partial charge in [0.15, 0.2) is 0 Å². The average molecular weight is 267 g/mol. The summed E-state index contributed by atoms with van der Waals surface area (Å²) < 4.78 is 13.4. The van der Waals surface area contributed by atoms with Gasteiger partial charge in [-0.05, 0) is 30.2 Å². The third-order valence-corrected chi connectivity index (χ3v) is 3.67. The molecule has 0 fully saturated rings. The van der Waals surface area contributed by atoms with Gasteiger partial charge >= 0.3 is 0 Å². The molecule has 0 aliphatic heterocycles. The highest BCUT2D eigenvalue weighted by Gasteiger charge is 2.04. The van der Waals surface area contributed by atoms with Gasteiger partial charge in [0.1, 0.15) is 5.82 Å². The molecular weight excluding hydrogens is 249 g/mol. The van der Waals surface area contributed by atoms with Crippen molar-refractivity contribution in [3.8, 4) is 11.8 Å². The third kappa shape index (κ3) is 5.54. The summed E-state index contributed by atoms with van der Waals surface area (Å²) in [7, 11) is 0. The van der Waals surface area contributed by atoms with Crippen molar-refractivity contribution in [2.75, 3.05) is 13.2 Å². The fourth-order valence-corrected chi connectivity index (χ4v) is 2.38. The summed E-state index contributed by atoms with van der Waals surface area (Å²) in [6.45, 7) is 2.51. The van der Waals surface area contributed by atoms with Crippen LogP contribution in [0, 0.1) is 17.7 Å². The van der Waals surface area contributed by atoms with Crippen molar-refractivity contribution in [1.82, 2.24) is 0 Å². The van der Waals surface area contributed by atoms with E-state index in [2.05, 4.69) is 18.8 Å². The summed E-state index contributed by atoms with van der Waals surface area (Å²) in [6, 6.07) is 4.81. The Morgan fingerprint density at radius 3 is 2.89 bits per heavy atom. The predicted octanol–water partition coefficient (Wildman–Crippen LogP) is 2.14. The Balaban J connectivity index is 2.68. The van der Waals surface area contributed by atoms with Gasteiger partial charge in [0, 0.05) is 23.2 Å². The molecule has 2 nitrogen and oxygen atoms in total. The van der Waals surface area contributed by atoms with E-state index in [-0.39, 0.29) is 19.0 Å². The molecule has 1 rings (SSSR count). The molecule has 0 bridgehead atoms. The number of halogens is 1. The summed E-state index contributed by atoms with van der Waals surface area (Å²) in [5.41, 5.74) is 6.86. The van der Waals surface area contributed by atoms with Gasteiger partial charge in [-0.2, -0.15) is 11.8 Å². The second-order valence-electron chi connectivity index (χ2n) is 3.99. The van der Waals surface area contributed by atoms with Gasteiger partial charge in [0.2, 0.25) is 0 Å². The first-order valence-corrected chi connectivity index (χ1v) is 6.91. The molecule has 1 aromatic carbocycles. The normalized spacial score (nSPS) is 11.8. The zero-order chi connectivity index (χ0) is 13.4. The van der Waals surface area contributed by atoms with Gasteiger partial charge in [-0.25, -0.2) is 4.39 Å². The van der Waals surface area contributed by atoms with Gasteiger partial charge < -0.3 is 10.8 Å². The maximum absolute atomic E-state index is 13.4. The zero-order valence-electron chi connectivity index (χ0n) is 10.4. The summed E-state index contributed by atoms with van der Waals surface area (Å²) >= 11 is 1.70. The van der Waals surface area contributed by atoms with Crippen LogP contribution in [0.3, 0.4) is 0 Å². The van der Waals surface area contributed by atoms with E-state index >= 15 is 0 Å². The summed E-state index contributed by atoms with van der Waals surface area (Å²) in [5, 5.41) is 9.17. The third-order valence-electron chi connectivity index (χ3n) is 2.36. The van der Waals surface area contributed by atoms with Crippen LogP contribution in [-0.2, 0) is 5.75 Å². The molecule has 0 spiro atoms. The molecular formula is C14H18FNOS. The van der Waals surface area contributed by atoms with Crippen LogP contribution >= 0.6 is 11.8 Å². The second-order valence-corrected chi connectivity index (χ2v) is 5.41. The minimum atomic E-state index is -0.274. The fourth-order valence-electron chi connectivity index (χ4n) is 1.46. The molecule has 0 aliphatic rings. The molecule has 1 atom stereocenters. The average Bonchev–Trinajstić information content (AvgIpc) is 2.34. The summed E-state index contributed by atoms with van der Waals surface area (Å²) in [6.07, 6.45) is 0.750. The summed E-state index contributed by atoms with van der Waals surface area (Å²) in [5.74, 6) is 5.99. The van der Waals surface area contributed by atoms with Crippen LogP contribution < -0.4 is 5.73 Å². The van der Waals surface area contributed by atoms with E-state index in [4.69, 9.17) is 10.8 Å². The number of hydrogen-bond acceptors (Lipinski definition) is 3. The van der Waals surface area contributed by atoms with Crippen LogP contribution in [0.25, 0.3) is 0 Å². The Morgan fingerprint density at radius 2 is 2.22 bits per heavy atom. The molecule has 3 N–H and O–H groups in total. The first kappa shape index (κ1) is 15.0. The number of benzene rings is 1. The Morgan fingerprint density at radius 1 is 1.44 bits per heavy atom. The lowest BCUT2D eigenvalue weighted by atomic mass is 10.1. The number of nitrogens with two attached hydrogens (primary N) is 1. The van der Waals surface area contributed by atoms with Crippen LogP contribution in [0.1, 0.15) is 24.5 Å². The SMILES string of the molecule is CC(CCO)SCc1cc(F)cc(C#CCN)c1. The van der Waals surface area contributed by atoms with E-state index in [1.807, 2.05) is 6.07 Å². The van der Waals surface area contributed by atoms with E-state index in [1.165, 1.54) is 12.1 Å². The van der Waals surface area contributed by atoms with Crippen LogP contribution in [0.4, 0.5) is 4.39 Å². The molecule has 0 aromatic heterocycles. The Kier molecular flexibility index (Phi) is 6.81. The predicted molar refractivity (Wildman–Crippen MR) is 74.8 cm³/mol. The van der Waals surface area contributed by atoms with Crippen molar-refractivity contribution in [3.63, 3.8) is 0 Å². The molecule has 0 amide bonds. The van der Waals surface area contributed by atoms with Crippen molar-refractivity contribution in [1.29, 1.82) is 0 Å². The molecule has 18 heavy (non-hydrogen) atoms. The van der Waals surface area contributed by atoms with E-state index in [9.17, 15) is 4.39 Å². The van der Waals surface area contributed by atoms with Crippen LogP contribution in [-0.4, -0.2) is 23.5 Å². The molecule has 1 aromatic rings. The zero-order valence-corrected chi connectivity index (χ0v) is 11.3. The highest BCUT2D eigenvalue weighted by molar-refractivity contribution is 7.99. The Bertz CT molecular complexity index is 439. The van der Waals surface area contributed by atoms with Crippen molar-refractivity contribution in [2.45, 2.75) is 24.3 Å². The molecule has 0 heterocycles. The lowest BCUT2D eigenvalue weighted by Gasteiger charge is -2.09. The van der Waals surface area contributed by atoms with Crippen LogP contribution in [0.15, 0.2) is 18.2 Å². The number of hydrogen-bond donors (Lipinski definition) is 2. The molecule has 0 radical (unpaired) electrons. The molecule has 1 unspecified atom stereocenters. The highest BCUT2D eigenvalue weighted by Crippen LogP contribution is 2.21. The topological polar surface area (TPSA) is 46.2 Å². The largest absolute Gasteiger partial charge is 0.396 e. The van der Waals surface area contributed by atoms with Gasteiger partial charge in [-0.3, -0.25) is 0 Å². The van der Waals surface area contributed by atoms with Gasteiger partial charge in [-0.1, -0.05) is 18.8 Å². The Labute approximate surface area is 112 Å². The van der Waals surface area contributed by atoms with Gasteiger partial charge in [0.05, 0.1) is 6.54 Å². The molecule has 0 saturated heterocycles. The van der Waals surface area contributed by atoms with Crippen molar-refractivity contribution in [2.24, 2.45) is 5.73 Å². The maximum atomic E-state index is 13.4. The van der Waals surface area contributed by atoms with E-state index in [1.54, 1.807) is 11.8 Å². The molecule has 0 saturated carbocycles. The molecule has 98 valence electrons. The standard InChI is InChI=1S/C14H18FNOS/c1-11(4-6-17)18-10-13-7-12(3-2-5-16)8-14(15)9-13/h7-9,11,17H,4-6,10,16H2,1H3. The Hall–Kier alpha value is -1.02. The van der Waals surface area contributed by atoms with Gasteiger partial charge in [0.25, 0.3) is 0 Å². The molecule has 0 aliphatic carbocycles. The summed E-state index contributed by atoms with van der Waals surface area (Å²) in [4.78, 5) is 0. The van der Waals surface area contributed by atoms with Crippen LogP contribution in [0.5, 0.6) is 0 Å². The van der Waals surface area contributed by atoms with Crippen LogP contribution in [0.2, 0.25) is 0 Å². The van der Waals surface area contributed by atoms with Crippen molar-refractivity contribution >= 4 is 11.8 Å². The first-order valence-electron chi connectivity index (χ1n) is 5.86. The smallest absolute Gasteiger partial charge is 0.124 e. The first-order chi connectivity index (χ1) is 8.65. The minimum Gasteiger partial charge on any atom is -0.396 e. The number of aliphatic hydroxyl groups excluding tert-OH is 1. The van der Waals surface area contributed by atoms with E-state index in [0.717, 1.165) is 17.7 Å². The monoisotopic (exact) mass is 267 g/mol. The van der Waals surface area contributed by atoms with Gasteiger partial charge in [-0.15, -0.1) is 0 Å². The number of aliphatic hydroxyl groups is 1. The maximum Gasteiger partial charge on any atom is 0.124 e. The lowest BCUT2D eigenvalue weighted by Crippen LogP contribution is -2.00. The quantitative estimate of drug-likeness (QED) is 0.804. The van der Waals surface area contributed by atoms with E-state index < -0.39 is 0 Å². The second kappa shape index (κ2) is 8.15. The highest BCUT2D eigenvalue weighted by atomic mass is 32.2. The molecule has 4 heteroatoms. The fraction of sp³-hybridized carbons (Fsp3) is 0.429. The number of rotatable bonds is 5.